The van der Waals surface area contributed by atoms with E-state index >= 15 is 0 Å². The Kier molecular flexibility index (Phi) is 11.0. The third kappa shape index (κ3) is 11.4. The first-order valence-corrected chi connectivity index (χ1v) is 11.4. The molecule has 8 nitrogen and oxygen atoms in total. The van der Waals surface area contributed by atoms with Crippen LogP contribution in [0.25, 0.3) is 0 Å². The Morgan fingerprint density at radius 3 is 1.66 bits per heavy atom. The maximum atomic E-state index is 11.9. The molecule has 0 aromatic rings. The van der Waals surface area contributed by atoms with Crippen molar-refractivity contribution < 1.29 is 28.6 Å². The fourth-order valence-corrected chi connectivity index (χ4v) is 3.46. The van der Waals surface area contributed by atoms with Gasteiger partial charge in [0.1, 0.15) is 17.5 Å². The van der Waals surface area contributed by atoms with Crippen molar-refractivity contribution in [3.63, 3.8) is 0 Å². The van der Waals surface area contributed by atoms with Gasteiger partial charge < -0.3 is 28.8 Å². The van der Waals surface area contributed by atoms with Crippen LogP contribution in [-0.4, -0.2) is 72.8 Å². The lowest BCUT2D eigenvalue weighted by Gasteiger charge is -2.33. The Bertz CT molecular complexity index is 635. The van der Waals surface area contributed by atoms with Gasteiger partial charge in [0.25, 0.3) is 0 Å². The van der Waals surface area contributed by atoms with E-state index in [0.717, 1.165) is 45.1 Å². The first-order chi connectivity index (χ1) is 14.8. The van der Waals surface area contributed by atoms with Crippen LogP contribution in [0.2, 0.25) is 0 Å². The molecule has 2 saturated heterocycles. The Labute approximate surface area is 193 Å². The van der Waals surface area contributed by atoms with Crippen LogP contribution >= 0.6 is 0 Å². The van der Waals surface area contributed by atoms with Gasteiger partial charge >= 0.3 is 12.2 Å². The zero-order valence-corrected chi connectivity index (χ0v) is 20.9. The molecule has 0 bridgehead atoms. The lowest BCUT2D eigenvalue weighted by atomic mass is 9.98. The molecule has 32 heavy (non-hydrogen) atoms. The molecular weight excluding hydrogens is 412 g/mol. The van der Waals surface area contributed by atoms with Crippen LogP contribution in [0.4, 0.5) is 9.59 Å². The average Bonchev–Trinajstić information content (AvgIpc) is 2.70. The maximum Gasteiger partial charge on any atom is 0.410 e. The molecule has 0 N–H and O–H groups in total. The first-order valence-electron chi connectivity index (χ1n) is 11.4. The zero-order valence-electron chi connectivity index (χ0n) is 20.9. The predicted molar refractivity (Wildman–Crippen MR) is 123 cm³/mol. The van der Waals surface area contributed by atoms with Gasteiger partial charge in [0.15, 0.2) is 0 Å². The maximum absolute atomic E-state index is 11.9. The molecule has 2 amide bonds. The summed E-state index contributed by atoms with van der Waals surface area (Å²) in [6.07, 6.45) is 7.96. The number of piperidine rings is 2. The van der Waals surface area contributed by atoms with Gasteiger partial charge in [-0.15, -0.1) is 0 Å². The molecule has 0 aromatic carbocycles. The van der Waals surface area contributed by atoms with Crippen LogP contribution in [-0.2, 0) is 19.0 Å². The van der Waals surface area contributed by atoms with Crippen LogP contribution in [0.3, 0.4) is 0 Å². The van der Waals surface area contributed by atoms with Crippen molar-refractivity contribution in [2.75, 3.05) is 33.3 Å². The third-order valence-corrected chi connectivity index (χ3v) is 4.90. The van der Waals surface area contributed by atoms with Crippen molar-refractivity contribution in [2.45, 2.75) is 78.4 Å². The number of methoxy groups -OCH3 is 1. The second-order valence-corrected chi connectivity index (χ2v) is 10.4. The number of carbonyl (C=O) groups excluding carboxylic acids is 3. The van der Waals surface area contributed by atoms with E-state index in [1.165, 1.54) is 0 Å². The van der Waals surface area contributed by atoms with Gasteiger partial charge in [-0.2, -0.15) is 0 Å². The topological polar surface area (TPSA) is 85.4 Å². The smallest absolute Gasteiger partial charge is 0.410 e. The summed E-state index contributed by atoms with van der Waals surface area (Å²) in [6, 6.07) is 0. The van der Waals surface area contributed by atoms with Crippen molar-refractivity contribution in [2.24, 2.45) is 11.8 Å². The average molecular weight is 455 g/mol. The lowest BCUT2D eigenvalue weighted by molar-refractivity contribution is -0.112. The molecule has 2 unspecified atom stereocenters. The second kappa shape index (κ2) is 12.7. The summed E-state index contributed by atoms with van der Waals surface area (Å²) in [6.45, 7) is 13.9. The highest BCUT2D eigenvalue weighted by Gasteiger charge is 2.28. The van der Waals surface area contributed by atoms with Crippen molar-refractivity contribution in [1.29, 1.82) is 0 Å². The standard InChI is InChI=1S/C13H23NO3.C11H19NO3/c1-13(2,3)17-12(15)14-8-5-6-11(10-14)7-9-16-4;1-11(2,3)15-10(14)12-6-4-5-9(7-12)8-13/h7,9,11H,5-6,8,10H2,1-4H3;8-9H,4-7H2,1-3H3/b9-7+;. The molecule has 2 fully saturated rings. The number of carbonyl (C=O) groups is 3. The second-order valence-electron chi connectivity index (χ2n) is 10.4. The van der Waals surface area contributed by atoms with Crippen LogP contribution in [0.15, 0.2) is 12.3 Å². The molecular formula is C24H42N2O6. The van der Waals surface area contributed by atoms with Crippen LogP contribution in [0.1, 0.15) is 67.2 Å². The summed E-state index contributed by atoms with van der Waals surface area (Å²) >= 11 is 0. The van der Waals surface area contributed by atoms with Gasteiger partial charge in [0, 0.05) is 32.1 Å². The molecule has 8 heteroatoms. The minimum atomic E-state index is -0.467. The number of nitrogens with zero attached hydrogens (tertiary/aromatic N) is 2. The van der Waals surface area contributed by atoms with Crippen LogP contribution in [0.5, 0.6) is 0 Å². The molecule has 0 aliphatic carbocycles. The van der Waals surface area contributed by atoms with Crippen molar-refractivity contribution >= 4 is 18.5 Å². The first kappa shape index (κ1) is 27.8. The molecule has 2 aliphatic rings. The summed E-state index contributed by atoms with van der Waals surface area (Å²) in [4.78, 5) is 37.6. The van der Waals surface area contributed by atoms with Crippen molar-refractivity contribution in [3.8, 4) is 0 Å². The fraction of sp³-hybridized carbons (Fsp3) is 0.792. The monoisotopic (exact) mass is 454 g/mol. The highest BCUT2D eigenvalue weighted by Crippen LogP contribution is 2.20. The molecule has 2 rings (SSSR count). The molecule has 2 aliphatic heterocycles. The van der Waals surface area contributed by atoms with Gasteiger partial charge in [-0.3, -0.25) is 0 Å². The minimum absolute atomic E-state index is 0.0220. The molecule has 0 saturated carbocycles. The number of amides is 2. The lowest BCUT2D eigenvalue weighted by Crippen LogP contribution is -2.43. The normalized spacial score (nSPS) is 22.0. The summed E-state index contributed by atoms with van der Waals surface area (Å²) in [5.41, 5.74) is -0.891. The van der Waals surface area contributed by atoms with Gasteiger partial charge in [0.05, 0.1) is 13.4 Å². The zero-order chi connectivity index (χ0) is 24.4. The van der Waals surface area contributed by atoms with Gasteiger partial charge in [-0.05, 0) is 79.2 Å². The van der Waals surface area contributed by atoms with E-state index in [0.29, 0.717) is 19.0 Å². The van der Waals surface area contributed by atoms with Gasteiger partial charge in [0.2, 0.25) is 0 Å². The largest absolute Gasteiger partial charge is 0.505 e. The SMILES string of the molecule is CC(C)(C)OC(=O)N1CCCC(C=O)C1.CO/C=C/C1CCCN(C(=O)OC(C)(C)C)C1. The number of hydrogen-bond acceptors (Lipinski definition) is 6. The molecule has 0 radical (unpaired) electrons. The van der Waals surface area contributed by atoms with Gasteiger partial charge in [-0.1, -0.05) is 0 Å². The van der Waals surface area contributed by atoms with Crippen molar-refractivity contribution in [1.82, 2.24) is 9.80 Å². The quantitative estimate of drug-likeness (QED) is 0.457. The Balaban J connectivity index is 0.000000323. The minimum Gasteiger partial charge on any atom is -0.505 e. The van der Waals surface area contributed by atoms with E-state index in [2.05, 4.69) is 0 Å². The number of likely N-dealkylation sites (tertiary alicyclic amines) is 2. The number of hydrogen-bond donors (Lipinski definition) is 0. The highest BCUT2D eigenvalue weighted by molar-refractivity contribution is 5.69. The molecule has 0 aromatic heterocycles. The summed E-state index contributed by atoms with van der Waals surface area (Å²) in [5, 5.41) is 0. The molecule has 0 spiro atoms. The Morgan fingerprint density at radius 2 is 1.25 bits per heavy atom. The molecule has 184 valence electrons. The summed E-state index contributed by atoms with van der Waals surface area (Å²) in [5.74, 6) is 0.350. The number of rotatable bonds is 3. The van der Waals surface area contributed by atoms with Crippen molar-refractivity contribution in [3.05, 3.63) is 12.3 Å². The van der Waals surface area contributed by atoms with E-state index < -0.39 is 11.2 Å². The van der Waals surface area contributed by atoms with E-state index in [4.69, 9.17) is 14.2 Å². The number of aldehydes is 1. The third-order valence-electron chi connectivity index (χ3n) is 4.90. The summed E-state index contributed by atoms with van der Waals surface area (Å²) < 4.78 is 15.5. The fourth-order valence-electron chi connectivity index (χ4n) is 3.46. The van der Waals surface area contributed by atoms with E-state index in [1.807, 2.05) is 47.6 Å². The summed E-state index contributed by atoms with van der Waals surface area (Å²) in [7, 11) is 1.63. The molecule has 2 heterocycles. The number of ether oxygens (including phenoxy) is 3. The highest BCUT2D eigenvalue weighted by atomic mass is 16.6. The van der Waals surface area contributed by atoms with E-state index in [1.54, 1.807) is 23.2 Å². The van der Waals surface area contributed by atoms with Crippen LogP contribution in [0, 0.1) is 11.8 Å². The van der Waals surface area contributed by atoms with E-state index in [9.17, 15) is 14.4 Å². The van der Waals surface area contributed by atoms with Gasteiger partial charge in [-0.25, -0.2) is 9.59 Å². The Morgan fingerprint density at radius 1 is 0.812 bits per heavy atom. The Hall–Kier alpha value is -2.25. The predicted octanol–water partition coefficient (Wildman–Crippen LogP) is 4.63. The van der Waals surface area contributed by atoms with Crippen LogP contribution < -0.4 is 0 Å². The van der Waals surface area contributed by atoms with E-state index in [-0.39, 0.29) is 18.1 Å². The molecule has 2 atom stereocenters.